The Bertz CT molecular complexity index is 939. The van der Waals surface area contributed by atoms with Crippen LogP contribution in [0.25, 0.3) is 17.2 Å². The molecule has 1 N–H and O–H groups in total. The monoisotopic (exact) mass is 443 g/mol. The molecule has 4 nitrogen and oxygen atoms in total. The standard InChI is InChI=1S/C17H11Cl2NO3S3/c18-10-1-2-12(13(19)6-10)9-5-11(25-8-9)7-14-16(23)20(17(24)26-14)4-3-15(21)22/h1-2,5-8H,3-4H2,(H,21,22)/b14-7-. The number of aliphatic carboxylic acids is 1. The molecular weight excluding hydrogens is 433 g/mol. The van der Waals surface area contributed by atoms with Crippen LogP contribution in [0.1, 0.15) is 11.3 Å². The van der Waals surface area contributed by atoms with Gasteiger partial charge in [0.15, 0.2) is 0 Å². The van der Waals surface area contributed by atoms with Gasteiger partial charge in [-0.2, -0.15) is 0 Å². The molecule has 2 aromatic rings. The van der Waals surface area contributed by atoms with E-state index in [9.17, 15) is 9.59 Å². The van der Waals surface area contributed by atoms with E-state index in [-0.39, 0.29) is 18.9 Å². The molecule has 134 valence electrons. The van der Waals surface area contributed by atoms with Crippen LogP contribution in [0.2, 0.25) is 10.0 Å². The van der Waals surface area contributed by atoms with E-state index in [1.165, 1.54) is 28.0 Å². The molecule has 1 aromatic heterocycles. The maximum Gasteiger partial charge on any atom is 0.305 e. The van der Waals surface area contributed by atoms with Gasteiger partial charge in [-0.1, -0.05) is 53.2 Å². The van der Waals surface area contributed by atoms with Crippen LogP contribution in [0.15, 0.2) is 34.6 Å². The van der Waals surface area contributed by atoms with Crippen LogP contribution in [0, 0.1) is 0 Å². The summed E-state index contributed by atoms with van der Waals surface area (Å²) in [6.45, 7) is 0.0768. The molecule has 0 unspecified atom stereocenters. The Morgan fingerprint density at radius 3 is 2.77 bits per heavy atom. The second-order valence-corrected chi connectivity index (χ2v) is 8.80. The predicted octanol–water partition coefficient (Wildman–Crippen LogP) is 5.40. The summed E-state index contributed by atoms with van der Waals surface area (Å²) in [5.41, 5.74) is 1.80. The molecular formula is C17H11Cl2NO3S3. The van der Waals surface area contributed by atoms with Crippen molar-refractivity contribution in [1.82, 2.24) is 4.90 Å². The minimum absolute atomic E-state index is 0.0768. The number of halogens is 2. The maximum atomic E-state index is 12.4. The molecule has 0 atom stereocenters. The molecule has 9 heteroatoms. The molecule has 26 heavy (non-hydrogen) atoms. The topological polar surface area (TPSA) is 57.6 Å². The van der Waals surface area contributed by atoms with E-state index < -0.39 is 5.97 Å². The first-order chi connectivity index (χ1) is 12.3. The van der Waals surface area contributed by atoms with Gasteiger partial charge in [0.25, 0.3) is 5.91 Å². The molecule has 0 bridgehead atoms. The first-order valence-electron chi connectivity index (χ1n) is 7.36. The molecule has 3 rings (SSSR count). The van der Waals surface area contributed by atoms with Crippen molar-refractivity contribution in [3.05, 3.63) is 49.5 Å². The van der Waals surface area contributed by atoms with Gasteiger partial charge in [0.2, 0.25) is 0 Å². The lowest BCUT2D eigenvalue weighted by Gasteiger charge is -2.12. The van der Waals surface area contributed by atoms with Crippen molar-refractivity contribution in [3.8, 4) is 11.1 Å². The number of benzene rings is 1. The van der Waals surface area contributed by atoms with E-state index in [1.54, 1.807) is 18.2 Å². The predicted molar refractivity (Wildman–Crippen MR) is 112 cm³/mol. The summed E-state index contributed by atoms with van der Waals surface area (Å²) in [5.74, 6) is -1.23. The van der Waals surface area contributed by atoms with E-state index >= 15 is 0 Å². The molecule has 1 fully saturated rings. The fourth-order valence-corrected chi connectivity index (χ4v) is 5.05. The molecule has 0 aliphatic carbocycles. The van der Waals surface area contributed by atoms with Gasteiger partial charge in [-0.15, -0.1) is 11.3 Å². The summed E-state index contributed by atoms with van der Waals surface area (Å²) in [6.07, 6.45) is 1.62. The Morgan fingerprint density at radius 2 is 2.08 bits per heavy atom. The zero-order chi connectivity index (χ0) is 18.8. The van der Waals surface area contributed by atoms with Crippen LogP contribution in [0.3, 0.4) is 0 Å². The SMILES string of the molecule is O=C(O)CCN1C(=O)/C(=C/c2cc(-c3ccc(Cl)cc3Cl)cs2)SC1=S. The number of amides is 1. The van der Waals surface area contributed by atoms with Crippen molar-refractivity contribution in [1.29, 1.82) is 0 Å². The summed E-state index contributed by atoms with van der Waals surface area (Å²) in [5, 5.41) is 11.9. The summed E-state index contributed by atoms with van der Waals surface area (Å²) in [4.78, 5) is 25.8. The maximum absolute atomic E-state index is 12.4. The van der Waals surface area contributed by atoms with E-state index in [1.807, 2.05) is 17.5 Å². The Balaban J connectivity index is 1.81. The van der Waals surface area contributed by atoms with Crippen molar-refractivity contribution >= 4 is 80.8 Å². The molecule has 0 spiro atoms. The highest BCUT2D eigenvalue weighted by Gasteiger charge is 2.32. The van der Waals surface area contributed by atoms with Crippen LogP contribution in [-0.4, -0.2) is 32.7 Å². The molecule has 1 saturated heterocycles. The van der Waals surface area contributed by atoms with Crippen molar-refractivity contribution in [2.24, 2.45) is 0 Å². The minimum atomic E-state index is -0.967. The number of carbonyl (C=O) groups is 2. The average Bonchev–Trinajstić information content (AvgIpc) is 3.11. The van der Waals surface area contributed by atoms with Crippen LogP contribution in [0.4, 0.5) is 0 Å². The number of carbonyl (C=O) groups excluding carboxylic acids is 1. The number of nitrogens with zero attached hydrogens (tertiary/aromatic N) is 1. The van der Waals surface area contributed by atoms with Crippen molar-refractivity contribution in [3.63, 3.8) is 0 Å². The number of hydrogen-bond acceptors (Lipinski definition) is 5. The summed E-state index contributed by atoms with van der Waals surface area (Å²) >= 11 is 20.0. The Kier molecular flexibility index (Phi) is 6.04. The van der Waals surface area contributed by atoms with E-state index in [0.29, 0.717) is 19.3 Å². The number of hydrogen-bond donors (Lipinski definition) is 1. The second-order valence-electron chi connectivity index (χ2n) is 5.34. The molecule has 1 amide bonds. The highest BCUT2D eigenvalue weighted by molar-refractivity contribution is 8.26. The number of rotatable bonds is 5. The molecule has 2 heterocycles. The summed E-state index contributed by atoms with van der Waals surface area (Å²) < 4.78 is 0.375. The van der Waals surface area contributed by atoms with Crippen LogP contribution in [0.5, 0.6) is 0 Å². The van der Waals surface area contributed by atoms with Gasteiger partial charge in [0.1, 0.15) is 4.32 Å². The number of carboxylic acid groups (broad SMARTS) is 1. The minimum Gasteiger partial charge on any atom is -0.481 e. The Hall–Kier alpha value is -1.38. The van der Waals surface area contributed by atoms with E-state index in [2.05, 4.69) is 0 Å². The third-order valence-corrected chi connectivity index (χ3v) is 6.36. The highest BCUT2D eigenvalue weighted by Crippen LogP contribution is 2.37. The zero-order valence-electron chi connectivity index (χ0n) is 13.1. The quantitative estimate of drug-likeness (QED) is 0.495. The molecule has 0 radical (unpaired) electrons. The van der Waals surface area contributed by atoms with Gasteiger partial charge in [0, 0.05) is 27.0 Å². The molecule has 1 aliphatic rings. The summed E-state index contributed by atoms with van der Waals surface area (Å²) in [6, 6.07) is 7.24. The van der Waals surface area contributed by atoms with Gasteiger partial charge in [0.05, 0.1) is 11.3 Å². The Morgan fingerprint density at radius 1 is 1.31 bits per heavy atom. The van der Waals surface area contributed by atoms with Crippen molar-refractivity contribution < 1.29 is 14.7 Å². The third kappa shape index (κ3) is 4.29. The van der Waals surface area contributed by atoms with Gasteiger partial charge in [-0.05, 0) is 35.2 Å². The average molecular weight is 444 g/mol. The largest absolute Gasteiger partial charge is 0.481 e. The lowest BCUT2D eigenvalue weighted by molar-refractivity contribution is -0.137. The molecule has 1 aromatic carbocycles. The van der Waals surface area contributed by atoms with Gasteiger partial charge < -0.3 is 5.11 Å². The van der Waals surface area contributed by atoms with Crippen LogP contribution < -0.4 is 0 Å². The lowest BCUT2D eigenvalue weighted by atomic mass is 10.1. The van der Waals surface area contributed by atoms with E-state index in [0.717, 1.165) is 16.0 Å². The first kappa shape index (κ1) is 19.4. The lowest BCUT2D eigenvalue weighted by Crippen LogP contribution is -2.30. The highest BCUT2D eigenvalue weighted by atomic mass is 35.5. The smallest absolute Gasteiger partial charge is 0.305 e. The first-order valence-corrected chi connectivity index (χ1v) is 10.2. The number of thiocarbonyl (C=S) groups is 1. The van der Waals surface area contributed by atoms with Crippen LogP contribution in [-0.2, 0) is 9.59 Å². The number of thiophene rings is 1. The molecule has 0 saturated carbocycles. The van der Waals surface area contributed by atoms with Crippen molar-refractivity contribution in [2.75, 3.05) is 6.54 Å². The third-order valence-electron chi connectivity index (χ3n) is 3.56. The van der Waals surface area contributed by atoms with E-state index in [4.69, 9.17) is 40.5 Å². The second kappa shape index (κ2) is 8.10. The Labute approximate surface area is 173 Å². The fraction of sp³-hybridized carbons (Fsp3) is 0.118. The van der Waals surface area contributed by atoms with Gasteiger partial charge in [-0.3, -0.25) is 14.5 Å². The van der Waals surface area contributed by atoms with Crippen molar-refractivity contribution in [2.45, 2.75) is 6.42 Å². The van der Waals surface area contributed by atoms with Gasteiger partial charge in [-0.25, -0.2) is 0 Å². The number of thioether (sulfide) groups is 1. The van der Waals surface area contributed by atoms with Gasteiger partial charge >= 0.3 is 5.97 Å². The fourth-order valence-electron chi connectivity index (χ4n) is 2.32. The normalized spacial score (nSPS) is 15.9. The zero-order valence-corrected chi connectivity index (χ0v) is 17.0. The van der Waals surface area contributed by atoms with Crippen LogP contribution >= 0.6 is 58.5 Å². The molecule has 1 aliphatic heterocycles. The summed E-state index contributed by atoms with van der Waals surface area (Å²) in [7, 11) is 0. The number of carboxylic acids is 1.